The van der Waals surface area contributed by atoms with Gasteiger partial charge >= 0.3 is 0 Å². The topological polar surface area (TPSA) is 96.5 Å². The fourth-order valence-electron chi connectivity index (χ4n) is 4.02. The van der Waals surface area contributed by atoms with Crippen LogP contribution in [0.5, 0.6) is 0 Å². The number of carbonyl (C=O) groups excluding carboxylic acids is 1. The van der Waals surface area contributed by atoms with Crippen LogP contribution in [0.2, 0.25) is 0 Å². The molecule has 1 fully saturated rings. The molecule has 0 saturated heterocycles. The Morgan fingerprint density at radius 2 is 2.07 bits per heavy atom. The van der Waals surface area contributed by atoms with Crippen LogP contribution in [0.4, 0.5) is 5.00 Å². The average Bonchev–Trinajstić information content (AvgIpc) is 3.39. The van der Waals surface area contributed by atoms with Crippen molar-refractivity contribution in [3.63, 3.8) is 0 Å². The van der Waals surface area contributed by atoms with Crippen LogP contribution < -0.4 is 5.32 Å². The van der Waals surface area contributed by atoms with E-state index in [2.05, 4.69) is 26.9 Å². The van der Waals surface area contributed by atoms with Crippen molar-refractivity contribution in [3.8, 4) is 6.07 Å². The second kappa shape index (κ2) is 8.62. The summed E-state index contributed by atoms with van der Waals surface area (Å²) in [7, 11) is 0. The zero-order valence-corrected chi connectivity index (χ0v) is 17.6. The molecule has 0 radical (unpaired) electrons. The number of aryl methyl sites for hydroxylation is 1. The summed E-state index contributed by atoms with van der Waals surface area (Å²) in [4.78, 5) is 14.1. The van der Waals surface area contributed by atoms with Crippen molar-refractivity contribution in [2.75, 3.05) is 5.32 Å². The summed E-state index contributed by atoms with van der Waals surface area (Å²) >= 11 is 2.95. The lowest BCUT2D eigenvalue weighted by atomic mass is 10.1. The van der Waals surface area contributed by atoms with Gasteiger partial charge in [0.05, 0.1) is 16.9 Å². The molecule has 1 amide bonds. The van der Waals surface area contributed by atoms with Crippen molar-refractivity contribution in [3.05, 3.63) is 16.0 Å². The number of tetrazole rings is 1. The molecular formula is C19H24N6OS2. The van der Waals surface area contributed by atoms with E-state index in [1.54, 1.807) is 11.3 Å². The highest BCUT2D eigenvalue weighted by Crippen LogP contribution is 2.38. The third-order valence-corrected chi connectivity index (χ3v) is 7.81. The predicted molar refractivity (Wildman–Crippen MR) is 110 cm³/mol. The summed E-state index contributed by atoms with van der Waals surface area (Å²) in [5.74, 6) is -0.112. The molecular weight excluding hydrogens is 392 g/mol. The Labute approximate surface area is 172 Å². The quantitative estimate of drug-likeness (QED) is 0.582. The van der Waals surface area contributed by atoms with Crippen molar-refractivity contribution in [1.82, 2.24) is 20.2 Å². The Hall–Kier alpha value is -1.92. The van der Waals surface area contributed by atoms with E-state index in [0.717, 1.165) is 44.1 Å². The lowest BCUT2D eigenvalue weighted by molar-refractivity contribution is -0.115. The van der Waals surface area contributed by atoms with E-state index < -0.39 is 0 Å². The number of carbonyl (C=O) groups is 1. The molecule has 4 rings (SSSR count). The zero-order chi connectivity index (χ0) is 19.5. The first-order valence-corrected chi connectivity index (χ1v) is 11.7. The van der Waals surface area contributed by atoms with Crippen LogP contribution in [0.1, 0.15) is 73.9 Å². The number of nitrogens with one attached hydrogen (secondary N) is 1. The molecule has 2 aromatic rings. The third-order valence-electron chi connectivity index (χ3n) is 5.55. The Balaban J connectivity index is 1.46. The molecule has 2 aliphatic rings. The number of hydrogen-bond donors (Lipinski definition) is 1. The predicted octanol–water partition coefficient (Wildman–Crippen LogP) is 4.11. The molecule has 2 aliphatic carbocycles. The average molecular weight is 417 g/mol. The minimum atomic E-state index is -0.348. The largest absolute Gasteiger partial charge is 0.316 e. The van der Waals surface area contributed by atoms with Gasteiger partial charge in [-0.3, -0.25) is 4.79 Å². The van der Waals surface area contributed by atoms with Gasteiger partial charge in [0.2, 0.25) is 11.1 Å². The molecule has 0 spiro atoms. The van der Waals surface area contributed by atoms with Crippen molar-refractivity contribution in [2.45, 2.75) is 81.2 Å². The number of thioether (sulfide) groups is 1. The summed E-state index contributed by atoms with van der Waals surface area (Å²) in [6.45, 7) is 1.86. The van der Waals surface area contributed by atoms with E-state index in [9.17, 15) is 10.1 Å². The highest BCUT2D eigenvalue weighted by molar-refractivity contribution is 8.00. The summed E-state index contributed by atoms with van der Waals surface area (Å²) in [6.07, 6.45) is 9.99. The first kappa shape index (κ1) is 19.4. The fourth-order valence-corrected chi connectivity index (χ4v) is 6.12. The number of thiophene rings is 1. The lowest BCUT2D eigenvalue weighted by Crippen LogP contribution is -2.23. The highest BCUT2D eigenvalue weighted by atomic mass is 32.2. The van der Waals surface area contributed by atoms with Crippen LogP contribution in [0.3, 0.4) is 0 Å². The lowest BCUT2D eigenvalue weighted by Gasteiger charge is -2.14. The molecule has 2 heterocycles. The van der Waals surface area contributed by atoms with Gasteiger partial charge in [0.1, 0.15) is 11.1 Å². The van der Waals surface area contributed by atoms with Crippen molar-refractivity contribution in [1.29, 1.82) is 5.26 Å². The Morgan fingerprint density at radius 1 is 1.29 bits per heavy atom. The van der Waals surface area contributed by atoms with Crippen LogP contribution in [0, 0.1) is 11.3 Å². The summed E-state index contributed by atoms with van der Waals surface area (Å²) in [5.41, 5.74) is 1.80. The molecule has 0 unspecified atom stereocenters. The number of aromatic nitrogens is 4. The molecule has 0 aromatic carbocycles. The van der Waals surface area contributed by atoms with Crippen LogP contribution in [0.15, 0.2) is 5.16 Å². The second-order valence-corrected chi connectivity index (χ2v) is 9.89. The van der Waals surface area contributed by atoms with E-state index >= 15 is 0 Å². The summed E-state index contributed by atoms with van der Waals surface area (Å²) in [6, 6.07) is 2.66. The number of anilines is 1. The van der Waals surface area contributed by atoms with Crippen LogP contribution in [0.25, 0.3) is 0 Å². The van der Waals surface area contributed by atoms with E-state index in [1.165, 1.54) is 35.9 Å². The van der Waals surface area contributed by atoms with Gasteiger partial charge in [0, 0.05) is 4.88 Å². The van der Waals surface area contributed by atoms with Crippen molar-refractivity contribution < 1.29 is 4.79 Å². The number of amides is 1. The van der Waals surface area contributed by atoms with E-state index in [4.69, 9.17) is 0 Å². The molecule has 1 N–H and O–H groups in total. The van der Waals surface area contributed by atoms with Gasteiger partial charge in [0.15, 0.2) is 0 Å². The summed E-state index contributed by atoms with van der Waals surface area (Å²) < 4.78 is 1.87. The maximum atomic E-state index is 12.8. The standard InChI is InChI=1S/C19H24N6OS2/c1-12(27-19-22-23-24-25(19)13-7-5-6-8-13)17(26)21-18-15(11-20)14-9-3-2-4-10-16(14)28-18/h12-13H,2-10H2,1H3,(H,21,26)/t12-/m0/s1. The smallest absolute Gasteiger partial charge is 0.238 e. The first-order valence-electron chi connectivity index (χ1n) is 9.97. The van der Waals surface area contributed by atoms with Gasteiger partial charge in [-0.2, -0.15) is 5.26 Å². The zero-order valence-electron chi connectivity index (χ0n) is 16.0. The molecule has 0 aliphatic heterocycles. The van der Waals surface area contributed by atoms with E-state index in [1.807, 2.05) is 11.6 Å². The van der Waals surface area contributed by atoms with Crippen molar-refractivity contribution in [2.24, 2.45) is 0 Å². The maximum absolute atomic E-state index is 12.8. The van der Waals surface area contributed by atoms with Gasteiger partial charge < -0.3 is 5.32 Å². The molecule has 28 heavy (non-hydrogen) atoms. The fraction of sp³-hybridized carbons (Fsp3) is 0.632. The molecule has 1 saturated carbocycles. The molecule has 0 bridgehead atoms. The SMILES string of the molecule is C[C@H](Sc1nnnn1C1CCCC1)C(=O)Nc1sc2c(c1C#N)CCCCC2. The van der Waals surface area contributed by atoms with E-state index in [0.29, 0.717) is 21.8 Å². The number of fused-ring (bicyclic) bond motifs is 1. The molecule has 1 atom stereocenters. The minimum Gasteiger partial charge on any atom is -0.316 e. The van der Waals surface area contributed by atoms with Crippen LogP contribution in [-0.4, -0.2) is 31.4 Å². The van der Waals surface area contributed by atoms with Gasteiger partial charge in [-0.05, 0) is 61.4 Å². The molecule has 9 heteroatoms. The number of hydrogen-bond acceptors (Lipinski definition) is 7. The van der Waals surface area contributed by atoms with Gasteiger partial charge in [-0.1, -0.05) is 31.0 Å². The van der Waals surface area contributed by atoms with Gasteiger partial charge in [0.25, 0.3) is 0 Å². The molecule has 2 aromatic heterocycles. The second-order valence-electron chi connectivity index (χ2n) is 7.47. The third kappa shape index (κ3) is 3.94. The number of rotatable bonds is 5. The normalized spacial score (nSPS) is 18.3. The number of nitrogens with zero attached hydrogens (tertiary/aromatic N) is 5. The van der Waals surface area contributed by atoms with Gasteiger partial charge in [-0.25, -0.2) is 4.68 Å². The minimum absolute atomic E-state index is 0.112. The Morgan fingerprint density at radius 3 is 2.86 bits per heavy atom. The maximum Gasteiger partial charge on any atom is 0.238 e. The van der Waals surface area contributed by atoms with Crippen molar-refractivity contribution >= 4 is 34.0 Å². The summed E-state index contributed by atoms with van der Waals surface area (Å²) in [5, 5.41) is 25.8. The van der Waals surface area contributed by atoms with Gasteiger partial charge in [-0.15, -0.1) is 16.4 Å². The Bertz CT molecular complexity index is 893. The first-order chi connectivity index (χ1) is 13.7. The molecule has 7 nitrogen and oxygen atoms in total. The highest BCUT2D eigenvalue weighted by Gasteiger charge is 2.26. The number of nitriles is 1. The monoisotopic (exact) mass is 416 g/mol. The van der Waals surface area contributed by atoms with Crippen LogP contribution in [-0.2, 0) is 17.6 Å². The van der Waals surface area contributed by atoms with E-state index in [-0.39, 0.29) is 11.2 Å². The Kier molecular flexibility index (Phi) is 5.97. The molecule has 148 valence electrons. The van der Waals surface area contributed by atoms with Crippen LogP contribution >= 0.6 is 23.1 Å².